The Hall–Kier alpha value is -2.60. The van der Waals surface area contributed by atoms with Crippen LogP contribution in [-0.4, -0.2) is 54.3 Å². The van der Waals surface area contributed by atoms with E-state index in [9.17, 15) is 5.26 Å². The summed E-state index contributed by atoms with van der Waals surface area (Å²) in [6.07, 6.45) is 2.70. The molecular formula is C20H22N6OS. The SMILES string of the molecule is N#C/C(=C1/Nc2ccccc2S1)c1ccnc(NCCCN2CCOCC2)n1. The number of nitriles is 1. The molecule has 1 fully saturated rings. The van der Waals surface area contributed by atoms with Gasteiger partial charge in [0.15, 0.2) is 0 Å². The first-order valence-corrected chi connectivity index (χ1v) is 10.2. The number of para-hydroxylation sites is 1. The molecule has 28 heavy (non-hydrogen) atoms. The number of thioether (sulfide) groups is 1. The van der Waals surface area contributed by atoms with Crippen LogP contribution in [0.15, 0.2) is 46.5 Å². The second-order valence-electron chi connectivity index (χ2n) is 6.54. The number of nitrogens with zero attached hydrogens (tertiary/aromatic N) is 4. The first kappa shape index (κ1) is 18.7. The maximum atomic E-state index is 9.71. The quantitative estimate of drug-likeness (QED) is 0.571. The van der Waals surface area contributed by atoms with E-state index in [4.69, 9.17) is 4.74 Å². The fraction of sp³-hybridized carbons (Fsp3) is 0.350. The summed E-state index contributed by atoms with van der Waals surface area (Å²) in [5, 5.41) is 17.1. The third-order valence-corrected chi connectivity index (χ3v) is 5.72. The minimum atomic E-state index is 0.528. The van der Waals surface area contributed by atoms with Crippen LogP contribution in [0, 0.1) is 11.3 Å². The average molecular weight is 395 g/mol. The lowest BCUT2D eigenvalue weighted by molar-refractivity contribution is 0.0378. The molecule has 8 heteroatoms. The number of hydrogen-bond donors (Lipinski definition) is 2. The Morgan fingerprint density at radius 3 is 2.96 bits per heavy atom. The van der Waals surface area contributed by atoms with E-state index < -0.39 is 0 Å². The van der Waals surface area contributed by atoms with Crippen molar-refractivity contribution in [1.82, 2.24) is 14.9 Å². The van der Waals surface area contributed by atoms with Crippen molar-refractivity contribution < 1.29 is 4.74 Å². The van der Waals surface area contributed by atoms with Gasteiger partial charge in [-0.2, -0.15) is 5.26 Å². The maximum Gasteiger partial charge on any atom is 0.223 e. The Morgan fingerprint density at radius 2 is 2.14 bits per heavy atom. The van der Waals surface area contributed by atoms with Crippen LogP contribution in [0.5, 0.6) is 0 Å². The first-order valence-electron chi connectivity index (χ1n) is 9.39. The van der Waals surface area contributed by atoms with E-state index in [2.05, 4.69) is 31.6 Å². The van der Waals surface area contributed by atoms with Crippen molar-refractivity contribution in [3.8, 4) is 6.07 Å². The minimum Gasteiger partial charge on any atom is -0.379 e. The largest absolute Gasteiger partial charge is 0.379 e. The molecule has 1 aromatic carbocycles. The molecule has 0 saturated carbocycles. The molecule has 2 aromatic rings. The van der Waals surface area contributed by atoms with Gasteiger partial charge in [0.2, 0.25) is 5.95 Å². The van der Waals surface area contributed by atoms with E-state index in [-0.39, 0.29) is 0 Å². The van der Waals surface area contributed by atoms with Crippen molar-refractivity contribution in [3.05, 3.63) is 47.3 Å². The normalized spacial score (nSPS) is 18.1. The highest BCUT2D eigenvalue weighted by molar-refractivity contribution is 8.04. The summed E-state index contributed by atoms with van der Waals surface area (Å²) in [6.45, 7) is 5.45. The van der Waals surface area contributed by atoms with E-state index in [0.29, 0.717) is 17.2 Å². The molecule has 144 valence electrons. The van der Waals surface area contributed by atoms with E-state index in [1.165, 1.54) is 0 Å². The predicted molar refractivity (Wildman–Crippen MR) is 111 cm³/mol. The van der Waals surface area contributed by atoms with Gasteiger partial charge in [0.25, 0.3) is 0 Å². The molecule has 2 aliphatic heterocycles. The molecule has 1 aromatic heterocycles. The van der Waals surface area contributed by atoms with Crippen molar-refractivity contribution in [3.63, 3.8) is 0 Å². The molecule has 1 saturated heterocycles. The summed E-state index contributed by atoms with van der Waals surface area (Å²) in [7, 11) is 0. The second kappa shape index (κ2) is 9.06. The maximum absolute atomic E-state index is 9.71. The number of morpholine rings is 1. The van der Waals surface area contributed by atoms with Crippen LogP contribution in [0.2, 0.25) is 0 Å². The third-order valence-electron chi connectivity index (χ3n) is 4.64. The van der Waals surface area contributed by atoms with Crippen LogP contribution in [0.3, 0.4) is 0 Å². The van der Waals surface area contributed by atoms with Crippen LogP contribution in [-0.2, 0) is 4.74 Å². The number of nitrogens with one attached hydrogen (secondary N) is 2. The molecule has 3 heterocycles. The van der Waals surface area contributed by atoms with Crippen LogP contribution < -0.4 is 10.6 Å². The Bertz CT molecular complexity index is 877. The molecular weight excluding hydrogens is 372 g/mol. The lowest BCUT2D eigenvalue weighted by Crippen LogP contribution is -2.37. The zero-order valence-electron chi connectivity index (χ0n) is 15.5. The van der Waals surface area contributed by atoms with Gasteiger partial charge in [0.05, 0.1) is 29.6 Å². The summed E-state index contributed by atoms with van der Waals surface area (Å²) in [5.41, 5.74) is 2.17. The molecule has 0 bridgehead atoms. The van der Waals surface area contributed by atoms with Gasteiger partial charge in [-0.1, -0.05) is 23.9 Å². The van der Waals surface area contributed by atoms with Gasteiger partial charge in [-0.25, -0.2) is 9.97 Å². The minimum absolute atomic E-state index is 0.528. The van der Waals surface area contributed by atoms with Gasteiger partial charge in [0, 0.05) is 30.7 Å². The van der Waals surface area contributed by atoms with Crippen molar-refractivity contribution in [2.75, 3.05) is 50.0 Å². The highest BCUT2D eigenvalue weighted by Crippen LogP contribution is 2.43. The number of anilines is 2. The number of hydrogen-bond acceptors (Lipinski definition) is 8. The Balaban J connectivity index is 1.39. The number of fused-ring (bicyclic) bond motifs is 1. The van der Waals surface area contributed by atoms with E-state index in [1.54, 1.807) is 24.0 Å². The van der Waals surface area contributed by atoms with Crippen LogP contribution in [0.1, 0.15) is 12.1 Å². The lowest BCUT2D eigenvalue weighted by atomic mass is 10.2. The summed E-state index contributed by atoms with van der Waals surface area (Å²) in [4.78, 5) is 12.4. The van der Waals surface area contributed by atoms with Gasteiger partial charge >= 0.3 is 0 Å². The van der Waals surface area contributed by atoms with Crippen molar-refractivity contribution in [2.24, 2.45) is 0 Å². The molecule has 0 unspecified atom stereocenters. The third kappa shape index (κ3) is 4.44. The zero-order valence-corrected chi connectivity index (χ0v) is 16.3. The highest BCUT2D eigenvalue weighted by atomic mass is 32.2. The second-order valence-corrected chi connectivity index (χ2v) is 7.59. The summed E-state index contributed by atoms with van der Waals surface area (Å²) >= 11 is 1.56. The molecule has 7 nitrogen and oxygen atoms in total. The number of rotatable bonds is 6. The van der Waals surface area contributed by atoms with Crippen molar-refractivity contribution in [1.29, 1.82) is 5.26 Å². The standard InChI is InChI=1S/C20H22N6OS/c21-14-15(19-24-17-4-1-2-5-18(17)28-19)16-6-8-23-20(25-16)22-7-3-9-26-10-12-27-13-11-26/h1-2,4-6,8,24H,3,7,9-13H2,(H,22,23,25)/b19-15+. The smallest absolute Gasteiger partial charge is 0.223 e. The Morgan fingerprint density at radius 1 is 1.29 bits per heavy atom. The van der Waals surface area contributed by atoms with Crippen molar-refractivity contribution in [2.45, 2.75) is 11.3 Å². The highest BCUT2D eigenvalue weighted by Gasteiger charge is 2.21. The lowest BCUT2D eigenvalue weighted by Gasteiger charge is -2.26. The fourth-order valence-corrected chi connectivity index (χ4v) is 4.17. The van der Waals surface area contributed by atoms with Crippen LogP contribution in [0.4, 0.5) is 11.6 Å². The topological polar surface area (TPSA) is 86.1 Å². The van der Waals surface area contributed by atoms with E-state index in [0.717, 1.165) is 61.4 Å². The number of ether oxygens (including phenoxy) is 1. The molecule has 2 N–H and O–H groups in total. The molecule has 2 aliphatic rings. The molecule has 4 rings (SSSR count). The van der Waals surface area contributed by atoms with Crippen LogP contribution >= 0.6 is 11.8 Å². The fourth-order valence-electron chi connectivity index (χ4n) is 3.17. The molecule has 0 spiro atoms. The van der Waals surface area contributed by atoms with E-state index >= 15 is 0 Å². The molecule has 0 aliphatic carbocycles. The number of aromatic nitrogens is 2. The van der Waals surface area contributed by atoms with Gasteiger partial charge < -0.3 is 15.4 Å². The van der Waals surface area contributed by atoms with Gasteiger partial charge in [0.1, 0.15) is 11.6 Å². The zero-order chi connectivity index (χ0) is 19.2. The molecule has 0 radical (unpaired) electrons. The number of benzene rings is 1. The van der Waals surface area contributed by atoms with Gasteiger partial charge in [-0.05, 0) is 31.2 Å². The monoisotopic (exact) mass is 394 g/mol. The molecule has 0 atom stereocenters. The Labute approximate surface area is 168 Å². The number of allylic oxidation sites excluding steroid dienone is 1. The summed E-state index contributed by atoms with van der Waals surface area (Å²) < 4.78 is 5.37. The average Bonchev–Trinajstić information content (AvgIpc) is 3.17. The van der Waals surface area contributed by atoms with Gasteiger partial charge in [-0.3, -0.25) is 4.90 Å². The van der Waals surface area contributed by atoms with Crippen LogP contribution in [0.25, 0.3) is 5.57 Å². The van der Waals surface area contributed by atoms with Gasteiger partial charge in [-0.15, -0.1) is 0 Å². The first-order chi connectivity index (χ1) is 13.8. The molecule has 0 amide bonds. The predicted octanol–water partition coefficient (Wildman–Crippen LogP) is 3.02. The van der Waals surface area contributed by atoms with Crippen molar-refractivity contribution >= 4 is 29.0 Å². The summed E-state index contributed by atoms with van der Waals surface area (Å²) in [6, 6.07) is 12.1. The van der Waals surface area contributed by atoms with E-state index in [1.807, 2.05) is 24.3 Å². The Kier molecular flexibility index (Phi) is 6.07. The summed E-state index contributed by atoms with van der Waals surface area (Å²) in [5.74, 6) is 0.549.